The summed E-state index contributed by atoms with van der Waals surface area (Å²) in [6.07, 6.45) is 45.2. The van der Waals surface area contributed by atoms with Crippen LogP contribution in [0.2, 0.25) is 0 Å². The Morgan fingerprint density at radius 2 is 1.12 bits per heavy atom. The highest BCUT2D eigenvalue weighted by atomic mass is 31.2. The fraction of sp³-hybridized carbons (Fsp3) is 0.732. The van der Waals surface area contributed by atoms with E-state index in [-0.39, 0.29) is 32.3 Å². The van der Waals surface area contributed by atoms with Gasteiger partial charge in [-0.15, -0.1) is 0 Å². The van der Waals surface area contributed by atoms with Gasteiger partial charge in [0.1, 0.15) is 6.10 Å². The normalized spacial score (nSPS) is 14.2. The van der Waals surface area contributed by atoms with Crippen molar-refractivity contribution in [1.29, 1.82) is 0 Å². The summed E-state index contributed by atoms with van der Waals surface area (Å²) in [5, 5.41) is 0. The molecular formula is C41H74NO7P. The zero-order valence-corrected chi connectivity index (χ0v) is 32.8. The lowest BCUT2D eigenvalue weighted by atomic mass is 10.1. The van der Waals surface area contributed by atoms with E-state index in [0.29, 0.717) is 13.0 Å². The smallest absolute Gasteiger partial charge is 0.457 e. The van der Waals surface area contributed by atoms with Crippen LogP contribution in [0.4, 0.5) is 0 Å². The molecule has 0 amide bonds. The highest BCUT2D eigenvalue weighted by Crippen LogP contribution is 2.43. The molecule has 0 aliphatic rings. The van der Waals surface area contributed by atoms with Crippen molar-refractivity contribution in [2.45, 2.75) is 161 Å². The van der Waals surface area contributed by atoms with Crippen molar-refractivity contribution in [3.05, 3.63) is 60.8 Å². The fourth-order valence-electron chi connectivity index (χ4n) is 5.03. The second-order valence-corrected chi connectivity index (χ2v) is 14.2. The van der Waals surface area contributed by atoms with Crippen LogP contribution in [0.15, 0.2) is 60.8 Å². The van der Waals surface area contributed by atoms with Gasteiger partial charge in [0.15, 0.2) is 0 Å². The lowest BCUT2D eigenvalue weighted by Crippen LogP contribution is -2.28. The Morgan fingerprint density at radius 3 is 1.70 bits per heavy atom. The molecule has 0 rings (SSSR count). The first-order valence-electron chi connectivity index (χ1n) is 19.8. The summed E-state index contributed by atoms with van der Waals surface area (Å²) in [6.45, 7) is 4.71. The van der Waals surface area contributed by atoms with Gasteiger partial charge >= 0.3 is 13.8 Å². The largest absolute Gasteiger partial charge is 0.472 e. The summed E-state index contributed by atoms with van der Waals surface area (Å²) in [5.74, 6) is -0.348. The Kier molecular flexibility index (Phi) is 37.0. The molecule has 2 unspecified atom stereocenters. The van der Waals surface area contributed by atoms with E-state index in [1.165, 1.54) is 51.4 Å². The van der Waals surface area contributed by atoms with Gasteiger partial charge in [-0.05, 0) is 70.6 Å². The number of hydrogen-bond donors (Lipinski definition) is 2. The molecule has 0 spiro atoms. The minimum atomic E-state index is -4.28. The molecule has 9 heteroatoms. The molecule has 0 saturated carbocycles. The van der Waals surface area contributed by atoms with Gasteiger partial charge in [-0.3, -0.25) is 13.8 Å². The number of esters is 1. The molecule has 0 radical (unpaired) electrons. The Morgan fingerprint density at radius 1 is 0.620 bits per heavy atom. The summed E-state index contributed by atoms with van der Waals surface area (Å²) in [7, 11) is -4.28. The minimum Gasteiger partial charge on any atom is -0.457 e. The predicted octanol–water partition coefficient (Wildman–Crippen LogP) is 11.4. The monoisotopic (exact) mass is 724 g/mol. The molecule has 0 heterocycles. The molecule has 0 fully saturated rings. The van der Waals surface area contributed by atoms with Crippen LogP contribution in [-0.2, 0) is 27.9 Å². The zero-order valence-electron chi connectivity index (χ0n) is 31.9. The molecule has 50 heavy (non-hydrogen) atoms. The fourth-order valence-corrected chi connectivity index (χ4v) is 5.79. The van der Waals surface area contributed by atoms with Gasteiger partial charge < -0.3 is 20.1 Å². The third-order valence-electron chi connectivity index (χ3n) is 7.92. The molecule has 0 aliphatic carbocycles. The number of nitrogens with two attached hydrogens (primary N) is 1. The van der Waals surface area contributed by atoms with Crippen molar-refractivity contribution in [3.63, 3.8) is 0 Å². The first-order chi connectivity index (χ1) is 24.4. The van der Waals surface area contributed by atoms with E-state index in [9.17, 15) is 14.3 Å². The van der Waals surface area contributed by atoms with E-state index in [1.54, 1.807) is 0 Å². The van der Waals surface area contributed by atoms with Crippen molar-refractivity contribution < 1.29 is 32.8 Å². The van der Waals surface area contributed by atoms with Gasteiger partial charge in [-0.1, -0.05) is 139 Å². The molecule has 290 valence electrons. The average molecular weight is 724 g/mol. The number of rotatable bonds is 37. The summed E-state index contributed by atoms with van der Waals surface area (Å²) >= 11 is 0. The summed E-state index contributed by atoms with van der Waals surface area (Å²) < 4.78 is 33.3. The second-order valence-electron chi connectivity index (χ2n) is 12.8. The Balaban J connectivity index is 4.07. The molecule has 2 atom stereocenters. The SMILES string of the molecule is CC/C=C\C/C=C\C/C=C\C/C=C\CCCCCCCCCOCC(COP(=O)(O)OCCN)OC(=O)CCCCCCC/C=C\CCCC. The van der Waals surface area contributed by atoms with Crippen LogP contribution >= 0.6 is 7.82 Å². The van der Waals surface area contributed by atoms with E-state index >= 15 is 0 Å². The molecule has 8 nitrogen and oxygen atoms in total. The molecule has 0 aromatic carbocycles. The molecule has 0 aliphatic heterocycles. The maximum Gasteiger partial charge on any atom is 0.472 e. The maximum absolute atomic E-state index is 12.5. The number of ether oxygens (including phenoxy) is 2. The maximum atomic E-state index is 12.5. The average Bonchev–Trinajstić information content (AvgIpc) is 3.10. The van der Waals surface area contributed by atoms with Crippen molar-refractivity contribution in [3.8, 4) is 0 Å². The van der Waals surface area contributed by atoms with Gasteiger partial charge in [-0.2, -0.15) is 0 Å². The van der Waals surface area contributed by atoms with Crippen LogP contribution in [0.3, 0.4) is 0 Å². The quantitative estimate of drug-likeness (QED) is 0.0281. The number of carbonyl (C=O) groups is 1. The van der Waals surface area contributed by atoms with E-state index in [4.69, 9.17) is 24.3 Å². The van der Waals surface area contributed by atoms with Crippen LogP contribution in [0.5, 0.6) is 0 Å². The van der Waals surface area contributed by atoms with Crippen molar-refractivity contribution in [2.75, 3.05) is 33.0 Å². The van der Waals surface area contributed by atoms with E-state index in [1.807, 2.05) is 0 Å². The van der Waals surface area contributed by atoms with Crippen molar-refractivity contribution >= 4 is 13.8 Å². The first kappa shape index (κ1) is 48.2. The number of unbranched alkanes of at least 4 members (excludes halogenated alkanes) is 14. The Hall–Kier alpha value is -1.80. The van der Waals surface area contributed by atoms with Crippen LogP contribution in [-0.4, -0.2) is 49.9 Å². The lowest BCUT2D eigenvalue weighted by Gasteiger charge is -2.20. The minimum absolute atomic E-state index is 0.0944. The van der Waals surface area contributed by atoms with Gasteiger partial charge in [-0.25, -0.2) is 4.57 Å². The van der Waals surface area contributed by atoms with Crippen LogP contribution in [0.1, 0.15) is 155 Å². The topological polar surface area (TPSA) is 117 Å². The van der Waals surface area contributed by atoms with E-state index in [0.717, 1.165) is 83.5 Å². The summed E-state index contributed by atoms with van der Waals surface area (Å²) in [5.41, 5.74) is 5.35. The zero-order chi connectivity index (χ0) is 36.6. The van der Waals surface area contributed by atoms with Gasteiger partial charge in [0.25, 0.3) is 0 Å². The second kappa shape index (κ2) is 38.4. The van der Waals surface area contributed by atoms with Gasteiger partial charge in [0.2, 0.25) is 0 Å². The van der Waals surface area contributed by atoms with Crippen LogP contribution < -0.4 is 5.73 Å². The Bertz CT molecular complexity index is 947. The van der Waals surface area contributed by atoms with E-state index in [2.05, 4.69) is 74.6 Å². The summed E-state index contributed by atoms with van der Waals surface area (Å²) in [4.78, 5) is 22.4. The van der Waals surface area contributed by atoms with Crippen molar-refractivity contribution in [1.82, 2.24) is 0 Å². The number of carbonyl (C=O) groups excluding carboxylic acids is 1. The lowest BCUT2D eigenvalue weighted by molar-refractivity contribution is -0.154. The molecule has 3 N–H and O–H groups in total. The molecule has 0 bridgehead atoms. The highest BCUT2D eigenvalue weighted by Gasteiger charge is 2.25. The van der Waals surface area contributed by atoms with Crippen molar-refractivity contribution in [2.24, 2.45) is 5.73 Å². The number of phosphoric acid groups is 1. The van der Waals surface area contributed by atoms with Crippen LogP contribution in [0.25, 0.3) is 0 Å². The molecule has 0 aromatic heterocycles. The third-order valence-corrected chi connectivity index (χ3v) is 8.90. The number of allylic oxidation sites excluding steroid dienone is 10. The Labute approximate surface area is 306 Å². The molecule has 0 aromatic rings. The molecular weight excluding hydrogens is 649 g/mol. The standard InChI is InChI=1S/C41H74NO7P/c1-3-5-7-9-11-13-15-16-17-18-19-20-21-22-23-25-27-29-31-33-36-46-38-40(39-48-50(44,45)47-37-35-42)49-41(43)34-32-30-28-26-24-14-12-10-8-6-4-2/h5,7,10-13,16-17,19-20,40H,3-4,6,8-9,14-15,18,21-39,42H2,1-2H3,(H,44,45)/b7-5-,12-10-,13-11-,17-16-,20-19-. The highest BCUT2D eigenvalue weighted by molar-refractivity contribution is 7.47. The van der Waals surface area contributed by atoms with Gasteiger partial charge in [0.05, 0.1) is 19.8 Å². The summed E-state index contributed by atoms with van der Waals surface area (Å²) in [6, 6.07) is 0. The number of hydrogen-bond acceptors (Lipinski definition) is 7. The first-order valence-corrected chi connectivity index (χ1v) is 21.3. The third kappa shape index (κ3) is 37.5. The van der Waals surface area contributed by atoms with Gasteiger partial charge in [0, 0.05) is 19.6 Å². The number of phosphoric ester groups is 1. The van der Waals surface area contributed by atoms with E-state index < -0.39 is 13.9 Å². The predicted molar refractivity (Wildman–Crippen MR) is 210 cm³/mol. The molecule has 0 saturated heterocycles. The van der Waals surface area contributed by atoms with Crippen LogP contribution in [0, 0.1) is 0 Å².